The number of rotatable bonds is 2. The minimum atomic E-state index is 0.269. The highest BCUT2D eigenvalue weighted by atomic mass is 16.1. The highest BCUT2D eigenvalue weighted by Gasteiger charge is 2.43. The van der Waals surface area contributed by atoms with Crippen molar-refractivity contribution in [3.05, 3.63) is 29.3 Å². The van der Waals surface area contributed by atoms with Gasteiger partial charge in [-0.15, -0.1) is 0 Å². The molecule has 19 heavy (non-hydrogen) atoms. The predicted octanol–water partition coefficient (Wildman–Crippen LogP) is 3.55. The van der Waals surface area contributed by atoms with E-state index in [0.717, 1.165) is 18.0 Å². The molecular weight excluding hydrogens is 234 g/mol. The van der Waals surface area contributed by atoms with Gasteiger partial charge < -0.3 is 5.32 Å². The van der Waals surface area contributed by atoms with Gasteiger partial charge in [0.05, 0.1) is 0 Å². The Kier molecular flexibility index (Phi) is 2.64. The van der Waals surface area contributed by atoms with Crippen LogP contribution in [0.25, 0.3) is 0 Å². The number of fused-ring (bicyclic) bond motifs is 3. The lowest BCUT2D eigenvalue weighted by Crippen LogP contribution is -2.27. The summed E-state index contributed by atoms with van der Waals surface area (Å²) in [6, 6.07) is 6.46. The molecule has 3 aliphatic rings. The lowest BCUT2D eigenvalue weighted by molar-refractivity contribution is -0.121. The Balaban J connectivity index is 1.48. The third kappa shape index (κ3) is 1.98. The highest BCUT2D eigenvalue weighted by molar-refractivity contribution is 5.93. The molecule has 1 amide bonds. The Hall–Kier alpha value is -1.31. The van der Waals surface area contributed by atoms with Gasteiger partial charge in [0.15, 0.2) is 0 Å². The molecule has 0 heterocycles. The Morgan fingerprint density at radius 2 is 2.00 bits per heavy atom. The van der Waals surface area contributed by atoms with Crippen molar-refractivity contribution in [3.63, 3.8) is 0 Å². The van der Waals surface area contributed by atoms with Crippen LogP contribution < -0.4 is 5.32 Å². The predicted molar refractivity (Wildman–Crippen MR) is 76.0 cm³/mol. The molecule has 2 fully saturated rings. The van der Waals surface area contributed by atoms with Crippen LogP contribution in [0.3, 0.4) is 0 Å². The van der Waals surface area contributed by atoms with Gasteiger partial charge in [0.25, 0.3) is 0 Å². The standard InChI is InChI=1S/C17H21NO/c19-17(16-9-11-4-5-14(16)8-11)18-15-7-6-12-2-1-3-13(12)10-15/h6-7,10-11,14,16H,1-5,8-9H2,(H,18,19). The van der Waals surface area contributed by atoms with Crippen molar-refractivity contribution in [2.45, 2.75) is 44.9 Å². The van der Waals surface area contributed by atoms with E-state index in [2.05, 4.69) is 23.5 Å². The molecule has 2 saturated carbocycles. The quantitative estimate of drug-likeness (QED) is 0.860. The number of carbonyl (C=O) groups is 1. The normalized spacial score (nSPS) is 31.5. The number of nitrogens with one attached hydrogen (secondary N) is 1. The van der Waals surface area contributed by atoms with E-state index in [1.165, 1.54) is 49.7 Å². The van der Waals surface area contributed by atoms with E-state index in [0.29, 0.717) is 5.92 Å². The molecule has 0 spiro atoms. The second-order valence-corrected chi connectivity index (χ2v) is 6.61. The molecule has 3 aliphatic carbocycles. The first kappa shape index (κ1) is 11.5. The average molecular weight is 255 g/mol. The van der Waals surface area contributed by atoms with Crippen molar-refractivity contribution in [1.82, 2.24) is 0 Å². The minimum absolute atomic E-state index is 0.269. The van der Waals surface area contributed by atoms with Crippen LogP contribution in [0.1, 0.15) is 43.2 Å². The van der Waals surface area contributed by atoms with E-state index in [1.807, 2.05) is 0 Å². The number of anilines is 1. The summed E-state index contributed by atoms with van der Waals surface area (Å²) in [5, 5.41) is 3.16. The highest BCUT2D eigenvalue weighted by Crippen LogP contribution is 2.48. The van der Waals surface area contributed by atoms with E-state index >= 15 is 0 Å². The number of benzene rings is 1. The van der Waals surface area contributed by atoms with Gasteiger partial charge in [-0.3, -0.25) is 4.79 Å². The smallest absolute Gasteiger partial charge is 0.227 e. The molecule has 0 saturated heterocycles. The zero-order valence-electron chi connectivity index (χ0n) is 11.3. The lowest BCUT2D eigenvalue weighted by Gasteiger charge is -2.21. The van der Waals surface area contributed by atoms with Crippen molar-refractivity contribution in [3.8, 4) is 0 Å². The third-order valence-corrected chi connectivity index (χ3v) is 5.44. The molecule has 1 aromatic carbocycles. The summed E-state index contributed by atoms with van der Waals surface area (Å²) in [6.07, 6.45) is 8.69. The summed E-state index contributed by atoms with van der Waals surface area (Å²) in [4.78, 5) is 12.4. The molecule has 3 unspecified atom stereocenters. The Morgan fingerprint density at radius 1 is 1.11 bits per heavy atom. The maximum Gasteiger partial charge on any atom is 0.227 e. The number of hydrogen-bond donors (Lipinski definition) is 1. The summed E-state index contributed by atoms with van der Waals surface area (Å²) in [6.45, 7) is 0. The molecule has 2 bridgehead atoms. The van der Waals surface area contributed by atoms with Crippen molar-refractivity contribution in [1.29, 1.82) is 0 Å². The van der Waals surface area contributed by atoms with Gasteiger partial charge in [-0.2, -0.15) is 0 Å². The van der Waals surface area contributed by atoms with Gasteiger partial charge in [0, 0.05) is 11.6 Å². The zero-order chi connectivity index (χ0) is 12.8. The number of carbonyl (C=O) groups excluding carboxylic acids is 1. The number of hydrogen-bond acceptors (Lipinski definition) is 1. The fourth-order valence-electron chi connectivity index (χ4n) is 4.45. The van der Waals surface area contributed by atoms with Crippen molar-refractivity contribution >= 4 is 11.6 Å². The minimum Gasteiger partial charge on any atom is -0.326 e. The van der Waals surface area contributed by atoms with E-state index in [-0.39, 0.29) is 11.8 Å². The summed E-state index contributed by atoms with van der Waals surface area (Å²) in [5.41, 5.74) is 3.91. The van der Waals surface area contributed by atoms with Crippen LogP contribution in [0.2, 0.25) is 0 Å². The van der Waals surface area contributed by atoms with Gasteiger partial charge in [0.2, 0.25) is 5.91 Å². The Bertz CT molecular complexity index is 522. The summed E-state index contributed by atoms with van der Waals surface area (Å²) in [7, 11) is 0. The van der Waals surface area contributed by atoms with Crippen LogP contribution in [0.5, 0.6) is 0 Å². The second-order valence-electron chi connectivity index (χ2n) is 6.61. The van der Waals surface area contributed by atoms with Gasteiger partial charge in [-0.1, -0.05) is 12.5 Å². The Morgan fingerprint density at radius 3 is 2.79 bits per heavy atom. The number of aryl methyl sites for hydroxylation is 2. The van der Waals surface area contributed by atoms with Crippen molar-refractivity contribution < 1.29 is 4.79 Å². The first-order valence-corrected chi connectivity index (χ1v) is 7.72. The summed E-state index contributed by atoms with van der Waals surface area (Å²) in [5.74, 6) is 2.05. The summed E-state index contributed by atoms with van der Waals surface area (Å²) >= 11 is 0. The molecule has 1 aromatic rings. The molecule has 2 nitrogen and oxygen atoms in total. The second kappa shape index (κ2) is 4.36. The first-order valence-electron chi connectivity index (χ1n) is 7.72. The van der Waals surface area contributed by atoms with E-state index in [1.54, 1.807) is 0 Å². The first-order chi connectivity index (χ1) is 9.29. The van der Waals surface area contributed by atoms with Crippen LogP contribution in [-0.2, 0) is 17.6 Å². The van der Waals surface area contributed by atoms with Crippen molar-refractivity contribution in [2.75, 3.05) is 5.32 Å². The maximum absolute atomic E-state index is 12.4. The molecule has 0 aliphatic heterocycles. The van der Waals surface area contributed by atoms with Gasteiger partial charge in [0.1, 0.15) is 0 Å². The fourth-order valence-corrected chi connectivity index (χ4v) is 4.45. The monoisotopic (exact) mass is 255 g/mol. The topological polar surface area (TPSA) is 29.1 Å². The largest absolute Gasteiger partial charge is 0.326 e. The summed E-state index contributed by atoms with van der Waals surface area (Å²) < 4.78 is 0. The molecule has 4 rings (SSSR count). The lowest BCUT2D eigenvalue weighted by atomic mass is 9.88. The van der Waals surface area contributed by atoms with Crippen LogP contribution in [0.15, 0.2) is 18.2 Å². The molecule has 0 aromatic heterocycles. The molecule has 100 valence electrons. The molecule has 1 N–H and O–H groups in total. The van der Waals surface area contributed by atoms with Crippen LogP contribution in [-0.4, -0.2) is 5.91 Å². The van der Waals surface area contributed by atoms with E-state index in [4.69, 9.17) is 0 Å². The molecule has 0 radical (unpaired) electrons. The van der Waals surface area contributed by atoms with Crippen molar-refractivity contribution in [2.24, 2.45) is 17.8 Å². The molecule has 2 heteroatoms. The van der Waals surface area contributed by atoms with E-state index < -0.39 is 0 Å². The number of amides is 1. The zero-order valence-corrected chi connectivity index (χ0v) is 11.3. The van der Waals surface area contributed by atoms with E-state index in [9.17, 15) is 4.79 Å². The maximum atomic E-state index is 12.4. The molecule has 3 atom stereocenters. The average Bonchev–Trinajstić information content (AvgIpc) is 3.13. The van der Waals surface area contributed by atoms with Crippen LogP contribution in [0.4, 0.5) is 5.69 Å². The third-order valence-electron chi connectivity index (χ3n) is 5.44. The Labute approximate surface area is 114 Å². The van der Waals surface area contributed by atoms with Gasteiger partial charge in [-0.05, 0) is 73.6 Å². The fraction of sp³-hybridized carbons (Fsp3) is 0.588. The van der Waals surface area contributed by atoms with Crippen LogP contribution >= 0.6 is 0 Å². The van der Waals surface area contributed by atoms with Gasteiger partial charge >= 0.3 is 0 Å². The van der Waals surface area contributed by atoms with Gasteiger partial charge in [-0.25, -0.2) is 0 Å². The van der Waals surface area contributed by atoms with Crippen LogP contribution in [0, 0.1) is 17.8 Å². The molecular formula is C17H21NO. The SMILES string of the molecule is O=C(Nc1ccc2c(c1)CCC2)C1CC2CCC1C2.